The van der Waals surface area contributed by atoms with Crippen LogP contribution in [-0.2, 0) is 0 Å². The largest absolute Gasteiger partial charge is 0.508 e. The van der Waals surface area contributed by atoms with E-state index in [0.29, 0.717) is 5.75 Å². The summed E-state index contributed by atoms with van der Waals surface area (Å²) >= 11 is 0. The van der Waals surface area contributed by atoms with Gasteiger partial charge >= 0.3 is 0 Å². The minimum Gasteiger partial charge on any atom is -0.508 e. The molecule has 3 N–H and O–H groups in total. The lowest BCUT2D eigenvalue weighted by molar-refractivity contribution is 0.326. The van der Waals surface area contributed by atoms with Crippen LogP contribution in [0.15, 0.2) is 12.1 Å². The van der Waals surface area contributed by atoms with Crippen LogP contribution in [-0.4, -0.2) is 13.3 Å². The lowest BCUT2D eigenvalue weighted by Crippen LogP contribution is -2.08. The van der Waals surface area contributed by atoms with Gasteiger partial charge in [0, 0.05) is 0 Å². The number of nitrogens with two attached hydrogens (primary N) is 1. The molecule has 1 aromatic carbocycles. The molecule has 0 atom stereocenters. The van der Waals surface area contributed by atoms with Crippen LogP contribution in [0, 0.1) is 13.8 Å². The molecular formula is C9H13NO2. The standard InChI is InChI=1S/C9H13NO2/c1-6-4-9(12-5-10)7(2)3-8(6)11/h3-4,11H,5,10H2,1-2H3/i/hD. The van der Waals surface area contributed by atoms with Crippen molar-refractivity contribution in [3.05, 3.63) is 23.3 Å². The molecule has 0 aromatic heterocycles. The molecule has 0 radical (unpaired) electrons. The Morgan fingerprint density at radius 1 is 1.50 bits per heavy atom. The summed E-state index contributed by atoms with van der Waals surface area (Å²) in [6, 6.07) is 3.57. The summed E-state index contributed by atoms with van der Waals surface area (Å²) in [5.41, 5.74) is 7.04. The van der Waals surface area contributed by atoms with Crippen LogP contribution in [0.4, 0.5) is 0 Å². The number of ether oxygens (including phenoxy) is 1. The molecule has 0 aliphatic carbocycles. The SMILES string of the molecule is [2H]Oc1cc(C)c(OCN)cc1C. The Morgan fingerprint density at radius 2 is 2.25 bits per heavy atom. The maximum Gasteiger partial charge on any atom is 0.293 e. The Balaban J connectivity index is 3.05. The number of benzene rings is 1. The molecule has 0 amide bonds. The molecule has 0 saturated heterocycles. The van der Waals surface area contributed by atoms with E-state index in [9.17, 15) is 0 Å². The number of phenols is 1. The van der Waals surface area contributed by atoms with E-state index in [2.05, 4.69) is 5.11 Å². The lowest BCUT2D eigenvalue weighted by Gasteiger charge is -2.08. The second kappa shape index (κ2) is 3.45. The first-order valence-electron chi connectivity index (χ1n) is 4.17. The van der Waals surface area contributed by atoms with Gasteiger partial charge in [0.1, 0.15) is 18.2 Å². The summed E-state index contributed by atoms with van der Waals surface area (Å²) in [7, 11) is 0. The zero-order valence-corrected chi connectivity index (χ0v) is 7.26. The Morgan fingerprint density at radius 3 is 2.83 bits per heavy atom. The van der Waals surface area contributed by atoms with E-state index in [1.807, 2.05) is 19.9 Å². The van der Waals surface area contributed by atoms with Crippen molar-refractivity contribution >= 4 is 0 Å². The van der Waals surface area contributed by atoms with Crippen molar-refractivity contribution < 1.29 is 9.85 Å². The molecule has 1 rings (SSSR count). The summed E-state index contributed by atoms with van der Waals surface area (Å²) in [5.74, 6) is 1.28. The highest BCUT2D eigenvalue weighted by molar-refractivity contribution is 5.44. The van der Waals surface area contributed by atoms with Gasteiger partial charge in [-0.2, -0.15) is 0 Å². The summed E-state index contributed by atoms with van der Waals surface area (Å²) in [6.45, 7) is 3.89. The van der Waals surface area contributed by atoms with Gasteiger partial charge in [-0.1, -0.05) is 0 Å². The van der Waals surface area contributed by atoms with Crippen molar-refractivity contribution in [1.29, 1.82) is 1.43 Å². The van der Waals surface area contributed by atoms with Gasteiger partial charge in [0.15, 0.2) is 0 Å². The molecule has 66 valence electrons. The highest BCUT2D eigenvalue weighted by Gasteiger charge is 2.02. The number of aryl methyl sites for hydroxylation is 2. The molecule has 0 spiro atoms. The van der Waals surface area contributed by atoms with E-state index >= 15 is 0 Å². The quantitative estimate of drug-likeness (QED) is 0.669. The molecule has 1 aromatic rings. The van der Waals surface area contributed by atoms with E-state index in [1.165, 1.54) is 0 Å². The number of hydrogen-bond donors (Lipinski definition) is 2. The van der Waals surface area contributed by atoms with Crippen LogP contribution in [0.5, 0.6) is 11.5 Å². The van der Waals surface area contributed by atoms with Gasteiger partial charge in [0.25, 0.3) is 1.43 Å². The highest BCUT2D eigenvalue weighted by atomic mass is 16.5. The van der Waals surface area contributed by atoms with Crippen LogP contribution >= 0.6 is 0 Å². The Kier molecular flexibility index (Phi) is 2.14. The predicted octanol–water partition coefficient (Wildman–Crippen LogP) is 1.30. The lowest BCUT2D eigenvalue weighted by atomic mass is 10.1. The number of hydrogen-bond acceptors (Lipinski definition) is 3. The van der Waals surface area contributed by atoms with E-state index < -0.39 is 0 Å². The summed E-state index contributed by atoms with van der Waals surface area (Å²) in [5, 5.41) is 4.42. The maximum atomic E-state index is 6.79. The molecule has 3 heteroatoms. The van der Waals surface area contributed by atoms with Crippen molar-refractivity contribution in [2.24, 2.45) is 5.73 Å². The second-order valence-electron chi connectivity index (χ2n) is 2.69. The zero-order valence-electron chi connectivity index (χ0n) is 8.26. The first kappa shape index (κ1) is 7.43. The molecule has 12 heavy (non-hydrogen) atoms. The molecule has 0 aliphatic heterocycles. The highest BCUT2D eigenvalue weighted by Crippen LogP contribution is 2.26. The smallest absolute Gasteiger partial charge is 0.293 e. The average Bonchev–Trinajstić information content (AvgIpc) is 2.11. The van der Waals surface area contributed by atoms with E-state index in [4.69, 9.17) is 11.9 Å². The van der Waals surface area contributed by atoms with E-state index in [-0.39, 0.29) is 6.73 Å². The normalized spacial score (nSPS) is 10.8. The van der Waals surface area contributed by atoms with Gasteiger partial charge in [-0.15, -0.1) is 0 Å². The van der Waals surface area contributed by atoms with Crippen LogP contribution in [0.2, 0.25) is 0 Å². The van der Waals surface area contributed by atoms with Crippen molar-refractivity contribution in [1.82, 2.24) is 0 Å². The maximum absolute atomic E-state index is 6.79. The van der Waals surface area contributed by atoms with Crippen molar-refractivity contribution in [2.75, 3.05) is 6.73 Å². The topological polar surface area (TPSA) is 55.5 Å². The van der Waals surface area contributed by atoms with Crippen LogP contribution in [0.25, 0.3) is 0 Å². The van der Waals surface area contributed by atoms with Gasteiger partial charge in [0.2, 0.25) is 0 Å². The van der Waals surface area contributed by atoms with Gasteiger partial charge in [-0.05, 0) is 37.1 Å². The van der Waals surface area contributed by atoms with Gasteiger partial charge in [0.05, 0.1) is 0 Å². The molecule has 0 bridgehead atoms. The third-order valence-corrected chi connectivity index (χ3v) is 1.71. The zero-order chi connectivity index (χ0) is 9.84. The van der Waals surface area contributed by atoms with Crippen molar-refractivity contribution in [3.63, 3.8) is 0 Å². The molecular weight excluding hydrogens is 154 g/mol. The molecule has 3 nitrogen and oxygen atoms in total. The number of aromatic hydroxyl groups is 1. The first-order chi connectivity index (χ1) is 6.19. The molecule has 0 heterocycles. The Labute approximate surface area is 73.3 Å². The minimum atomic E-state index is 0.154. The predicted molar refractivity (Wildman–Crippen MR) is 47.3 cm³/mol. The minimum absolute atomic E-state index is 0.154. The molecule has 0 fully saturated rings. The van der Waals surface area contributed by atoms with Crippen LogP contribution < -0.4 is 10.5 Å². The van der Waals surface area contributed by atoms with Crippen LogP contribution in [0.1, 0.15) is 11.1 Å². The molecule has 0 aliphatic rings. The van der Waals surface area contributed by atoms with Gasteiger partial charge in [-0.3, -0.25) is 5.73 Å². The fourth-order valence-electron chi connectivity index (χ4n) is 1.01. The second-order valence-corrected chi connectivity index (χ2v) is 2.69. The number of rotatable bonds is 3. The van der Waals surface area contributed by atoms with E-state index in [1.54, 1.807) is 6.07 Å². The van der Waals surface area contributed by atoms with Crippen molar-refractivity contribution in [3.8, 4) is 11.5 Å². The summed E-state index contributed by atoms with van der Waals surface area (Å²) < 4.78 is 12.0. The third kappa shape index (κ3) is 1.68. The Hall–Kier alpha value is -1.22. The van der Waals surface area contributed by atoms with Crippen LogP contribution in [0.3, 0.4) is 0 Å². The third-order valence-electron chi connectivity index (χ3n) is 1.71. The Bertz CT molecular complexity index is 302. The van der Waals surface area contributed by atoms with E-state index in [0.717, 1.165) is 16.9 Å². The summed E-state index contributed by atoms with van der Waals surface area (Å²) in [6.07, 6.45) is 0. The molecule has 0 unspecified atom stereocenters. The van der Waals surface area contributed by atoms with Gasteiger partial charge in [-0.25, -0.2) is 0 Å². The van der Waals surface area contributed by atoms with Crippen molar-refractivity contribution in [2.45, 2.75) is 13.8 Å². The van der Waals surface area contributed by atoms with Gasteiger partial charge < -0.3 is 9.85 Å². The monoisotopic (exact) mass is 168 g/mol. The fourth-order valence-corrected chi connectivity index (χ4v) is 1.01. The summed E-state index contributed by atoms with van der Waals surface area (Å²) in [4.78, 5) is 0. The molecule has 0 saturated carbocycles. The fraction of sp³-hybridized carbons (Fsp3) is 0.333. The number of phenolic OH excluding ortho intramolecular Hbond substituents is 1. The first-order valence-corrected chi connectivity index (χ1v) is 3.76. The average molecular weight is 168 g/mol.